The van der Waals surface area contributed by atoms with Gasteiger partial charge in [-0.2, -0.15) is 0 Å². The van der Waals surface area contributed by atoms with Gasteiger partial charge in [-0.1, -0.05) is 26.7 Å². The van der Waals surface area contributed by atoms with Gasteiger partial charge in [-0.25, -0.2) is 4.39 Å². The van der Waals surface area contributed by atoms with E-state index >= 15 is 0 Å². The third-order valence-corrected chi connectivity index (χ3v) is 4.49. The van der Waals surface area contributed by atoms with Gasteiger partial charge in [0.25, 0.3) is 0 Å². The van der Waals surface area contributed by atoms with Crippen molar-refractivity contribution in [2.24, 2.45) is 5.92 Å². The molecule has 1 fully saturated rings. The summed E-state index contributed by atoms with van der Waals surface area (Å²) in [6.07, 6.45) is 6.82. The number of aliphatic hydroxyl groups excluding tert-OH is 1. The van der Waals surface area contributed by atoms with Crippen LogP contribution in [-0.4, -0.2) is 34.1 Å². The van der Waals surface area contributed by atoms with Gasteiger partial charge in [0.05, 0.1) is 18.0 Å². The van der Waals surface area contributed by atoms with E-state index in [4.69, 9.17) is 0 Å². The van der Waals surface area contributed by atoms with Crippen molar-refractivity contribution < 1.29 is 9.50 Å². The Morgan fingerprint density at radius 1 is 1.43 bits per heavy atom. The molecule has 1 aliphatic heterocycles. The molecule has 1 saturated heterocycles. The quantitative estimate of drug-likeness (QED) is 0.871. The lowest BCUT2D eigenvalue weighted by Crippen LogP contribution is -2.42. The van der Waals surface area contributed by atoms with Gasteiger partial charge in [-0.3, -0.25) is 4.98 Å². The number of likely N-dealkylation sites (tertiary alicyclic amines) is 1. The summed E-state index contributed by atoms with van der Waals surface area (Å²) in [6, 6.07) is 3.59. The number of piperidine rings is 1. The molecule has 1 aromatic heterocycles. The van der Waals surface area contributed by atoms with Gasteiger partial charge in [-0.05, 0) is 37.9 Å². The topological polar surface area (TPSA) is 36.4 Å². The zero-order valence-electron chi connectivity index (χ0n) is 13.1. The first-order valence-electron chi connectivity index (χ1n) is 8.15. The molecular weight excluding hydrogens is 267 g/mol. The Morgan fingerprint density at radius 3 is 2.90 bits per heavy atom. The summed E-state index contributed by atoms with van der Waals surface area (Å²) in [5, 5.41) is 10.4. The Morgan fingerprint density at radius 2 is 2.24 bits per heavy atom. The first-order chi connectivity index (χ1) is 10.1. The number of hydrogen-bond donors (Lipinski definition) is 1. The van der Waals surface area contributed by atoms with Crippen LogP contribution >= 0.6 is 0 Å². The molecule has 0 spiro atoms. The van der Waals surface area contributed by atoms with Gasteiger partial charge < -0.3 is 10.0 Å². The summed E-state index contributed by atoms with van der Waals surface area (Å²) >= 11 is 0. The lowest BCUT2D eigenvalue weighted by Gasteiger charge is -2.38. The summed E-state index contributed by atoms with van der Waals surface area (Å²) in [7, 11) is 0. The van der Waals surface area contributed by atoms with Gasteiger partial charge in [0.2, 0.25) is 0 Å². The average Bonchev–Trinajstić information content (AvgIpc) is 2.49. The molecule has 21 heavy (non-hydrogen) atoms. The van der Waals surface area contributed by atoms with Crippen LogP contribution in [0.2, 0.25) is 0 Å². The van der Waals surface area contributed by atoms with Crippen LogP contribution in [0.4, 0.5) is 4.39 Å². The molecule has 3 atom stereocenters. The van der Waals surface area contributed by atoms with E-state index in [1.54, 1.807) is 6.07 Å². The number of rotatable bonds is 6. The second-order valence-electron chi connectivity index (χ2n) is 6.26. The summed E-state index contributed by atoms with van der Waals surface area (Å²) in [5.74, 6) is -0.266. The Balaban J connectivity index is 1.95. The molecule has 3 nitrogen and oxygen atoms in total. The van der Waals surface area contributed by atoms with E-state index in [0.29, 0.717) is 11.7 Å². The summed E-state index contributed by atoms with van der Waals surface area (Å²) in [5.41, 5.74) is 0.563. The van der Waals surface area contributed by atoms with Crippen LogP contribution in [0.5, 0.6) is 0 Å². The van der Waals surface area contributed by atoms with Crippen LogP contribution in [0.3, 0.4) is 0 Å². The number of aliphatic hydroxyl groups is 1. The van der Waals surface area contributed by atoms with E-state index in [0.717, 1.165) is 13.1 Å². The van der Waals surface area contributed by atoms with E-state index < -0.39 is 6.10 Å². The van der Waals surface area contributed by atoms with E-state index in [1.165, 1.54) is 44.4 Å². The van der Waals surface area contributed by atoms with Crippen molar-refractivity contribution in [1.82, 2.24) is 9.88 Å². The lowest BCUT2D eigenvalue weighted by atomic mass is 9.94. The number of aromatic nitrogens is 1. The van der Waals surface area contributed by atoms with Crippen LogP contribution < -0.4 is 0 Å². The molecule has 0 bridgehead atoms. The summed E-state index contributed by atoms with van der Waals surface area (Å²) in [4.78, 5) is 6.52. The predicted octanol–water partition coefficient (Wildman–Crippen LogP) is 3.54. The summed E-state index contributed by atoms with van der Waals surface area (Å²) in [6.45, 7) is 6.28. The number of hydrogen-bond acceptors (Lipinski definition) is 3. The summed E-state index contributed by atoms with van der Waals surface area (Å²) < 4.78 is 12.9. The maximum Gasteiger partial charge on any atom is 0.141 e. The van der Waals surface area contributed by atoms with Gasteiger partial charge in [0.1, 0.15) is 5.82 Å². The first kappa shape index (κ1) is 16.4. The molecule has 0 amide bonds. The van der Waals surface area contributed by atoms with Crippen molar-refractivity contribution in [3.63, 3.8) is 0 Å². The Labute approximate surface area is 127 Å². The van der Waals surface area contributed by atoms with Crippen molar-refractivity contribution in [2.45, 2.75) is 58.1 Å². The van der Waals surface area contributed by atoms with E-state index in [9.17, 15) is 9.50 Å². The van der Waals surface area contributed by atoms with Gasteiger partial charge in [0, 0.05) is 18.5 Å². The molecule has 3 unspecified atom stereocenters. The highest BCUT2D eigenvalue weighted by Crippen LogP contribution is 2.26. The molecule has 0 aromatic carbocycles. The third-order valence-electron chi connectivity index (χ3n) is 4.49. The molecule has 2 heterocycles. The van der Waals surface area contributed by atoms with Crippen molar-refractivity contribution in [1.29, 1.82) is 0 Å². The second-order valence-corrected chi connectivity index (χ2v) is 6.26. The van der Waals surface area contributed by atoms with E-state index in [2.05, 4.69) is 16.8 Å². The SMILES string of the molecule is CCCC1CCCCN1CC(C)C(O)c1ccc(F)cn1. The molecule has 4 heteroatoms. The molecule has 2 rings (SSSR count). The highest BCUT2D eigenvalue weighted by molar-refractivity contribution is 5.09. The lowest BCUT2D eigenvalue weighted by molar-refractivity contribution is 0.0551. The number of pyridine rings is 1. The minimum Gasteiger partial charge on any atom is -0.386 e. The third kappa shape index (κ3) is 4.48. The van der Waals surface area contributed by atoms with Crippen LogP contribution in [0.1, 0.15) is 57.7 Å². The molecular formula is C17H27FN2O. The maximum absolute atomic E-state index is 12.9. The highest BCUT2D eigenvalue weighted by atomic mass is 19.1. The highest BCUT2D eigenvalue weighted by Gasteiger charge is 2.26. The first-order valence-corrected chi connectivity index (χ1v) is 8.15. The zero-order valence-corrected chi connectivity index (χ0v) is 13.1. The van der Waals surface area contributed by atoms with Gasteiger partial charge >= 0.3 is 0 Å². The van der Waals surface area contributed by atoms with Crippen LogP contribution in [0, 0.1) is 11.7 Å². The molecule has 118 valence electrons. The fraction of sp³-hybridized carbons (Fsp3) is 0.706. The molecule has 1 aliphatic rings. The largest absolute Gasteiger partial charge is 0.386 e. The van der Waals surface area contributed by atoms with Crippen molar-refractivity contribution >= 4 is 0 Å². The number of nitrogens with zero attached hydrogens (tertiary/aromatic N) is 2. The molecule has 0 aliphatic carbocycles. The molecule has 0 saturated carbocycles. The van der Waals surface area contributed by atoms with Crippen LogP contribution in [0.25, 0.3) is 0 Å². The maximum atomic E-state index is 12.9. The fourth-order valence-electron chi connectivity index (χ4n) is 3.28. The normalized spacial score (nSPS) is 23.0. The number of halogens is 1. The average molecular weight is 294 g/mol. The smallest absolute Gasteiger partial charge is 0.141 e. The zero-order chi connectivity index (χ0) is 15.2. The van der Waals surface area contributed by atoms with E-state index in [-0.39, 0.29) is 11.7 Å². The van der Waals surface area contributed by atoms with Crippen LogP contribution in [-0.2, 0) is 0 Å². The van der Waals surface area contributed by atoms with Crippen LogP contribution in [0.15, 0.2) is 18.3 Å². The van der Waals surface area contributed by atoms with Crippen molar-refractivity contribution in [2.75, 3.05) is 13.1 Å². The minimum absolute atomic E-state index is 0.0976. The fourth-order valence-corrected chi connectivity index (χ4v) is 3.28. The standard InChI is InChI=1S/C17H27FN2O/c1-3-6-15-7-4-5-10-20(15)12-13(2)17(21)16-9-8-14(18)11-19-16/h8-9,11,13,15,17,21H,3-7,10,12H2,1-2H3. The predicted molar refractivity (Wildman–Crippen MR) is 82.4 cm³/mol. The Kier molecular flexibility index (Phi) is 6.12. The van der Waals surface area contributed by atoms with Crippen molar-refractivity contribution in [3.8, 4) is 0 Å². The molecule has 1 N–H and O–H groups in total. The van der Waals surface area contributed by atoms with E-state index in [1.807, 2.05) is 6.92 Å². The monoisotopic (exact) mass is 294 g/mol. The van der Waals surface area contributed by atoms with Gasteiger partial charge in [-0.15, -0.1) is 0 Å². The van der Waals surface area contributed by atoms with Gasteiger partial charge in [0.15, 0.2) is 0 Å². The Hall–Kier alpha value is -1.00. The minimum atomic E-state index is -0.630. The Bertz CT molecular complexity index is 421. The molecule has 1 aromatic rings. The second kappa shape index (κ2) is 7.85. The molecule has 0 radical (unpaired) electrons. The van der Waals surface area contributed by atoms with Crippen molar-refractivity contribution in [3.05, 3.63) is 29.8 Å².